The van der Waals surface area contributed by atoms with Gasteiger partial charge < -0.3 is 13.3 Å². The van der Waals surface area contributed by atoms with E-state index in [-0.39, 0.29) is 11.0 Å². The van der Waals surface area contributed by atoms with Crippen molar-refractivity contribution in [1.29, 1.82) is 0 Å². The molecule has 0 spiro atoms. The summed E-state index contributed by atoms with van der Waals surface area (Å²) in [6.07, 6.45) is 2.83. The molecule has 0 unspecified atom stereocenters. The minimum Gasteiger partial charge on any atom is -0.370 e. The maximum Gasteiger partial charge on any atom is 0.537 e. The molecule has 24 heavy (non-hydrogen) atoms. The summed E-state index contributed by atoms with van der Waals surface area (Å²) in [6.45, 7) is 16.5. The zero-order valence-corrected chi connectivity index (χ0v) is 17.6. The Kier molecular flexibility index (Phi) is 8.13. The van der Waals surface area contributed by atoms with Crippen molar-refractivity contribution in [2.45, 2.75) is 73.3 Å². The van der Waals surface area contributed by atoms with Gasteiger partial charge in [0.2, 0.25) is 0 Å². The van der Waals surface area contributed by atoms with Crippen LogP contribution in [0.1, 0.15) is 67.7 Å². The molecule has 0 radical (unpaired) electrons. The largest absolute Gasteiger partial charge is 0.537 e. The van der Waals surface area contributed by atoms with Crippen LogP contribution in [0.3, 0.4) is 0 Å². The van der Waals surface area contributed by atoms with Gasteiger partial charge in [0, 0.05) is 18.4 Å². The average Bonchev–Trinajstić information content (AvgIpc) is 2.48. The zero-order chi connectivity index (χ0) is 18.3. The molecule has 0 N–H and O–H groups in total. The van der Waals surface area contributed by atoms with E-state index in [1.807, 2.05) is 18.2 Å². The Hall–Kier alpha value is -0.683. The first-order valence-electron chi connectivity index (χ1n) is 9.18. The summed E-state index contributed by atoms with van der Waals surface area (Å²) in [5, 5.41) is 1.05. The molecule has 0 heterocycles. The van der Waals surface area contributed by atoms with Gasteiger partial charge in [-0.15, -0.1) is 0 Å². The lowest BCUT2D eigenvalue weighted by atomic mass is 9.84. The monoisotopic (exact) mass is 352 g/mol. The maximum absolute atomic E-state index is 6.69. The smallest absolute Gasteiger partial charge is 0.370 e. The lowest BCUT2D eigenvalue weighted by molar-refractivity contribution is -0.0234. The first-order chi connectivity index (χ1) is 11.1. The van der Waals surface area contributed by atoms with Crippen molar-refractivity contribution in [2.24, 2.45) is 5.41 Å². The summed E-state index contributed by atoms with van der Waals surface area (Å²) in [5.74, 6) is 0. The first-order valence-corrected chi connectivity index (χ1v) is 10.9. The quantitative estimate of drug-likeness (QED) is 0.560. The highest BCUT2D eigenvalue weighted by Gasteiger charge is 2.48. The fraction of sp³-hybridized carbons (Fsp3) is 0.700. The molecule has 0 atom stereocenters. The third-order valence-electron chi connectivity index (χ3n) is 3.49. The molecule has 0 saturated heterocycles. The second-order valence-corrected chi connectivity index (χ2v) is 10.7. The van der Waals surface area contributed by atoms with E-state index in [4.69, 9.17) is 13.3 Å². The molecule has 0 amide bonds. The summed E-state index contributed by atoms with van der Waals surface area (Å²) < 4.78 is 19.3. The van der Waals surface area contributed by atoms with Gasteiger partial charge in [-0.25, -0.2) is 0 Å². The third-order valence-corrected chi connectivity index (χ3v) is 6.52. The lowest BCUT2D eigenvalue weighted by Crippen LogP contribution is -2.61. The van der Waals surface area contributed by atoms with Gasteiger partial charge in [-0.1, -0.05) is 65.0 Å². The van der Waals surface area contributed by atoms with Gasteiger partial charge in [0.15, 0.2) is 0 Å². The molecule has 0 aliphatic heterocycles. The van der Waals surface area contributed by atoms with Crippen LogP contribution in [-0.4, -0.2) is 27.6 Å². The third kappa shape index (κ3) is 7.05. The van der Waals surface area contributed by atoms with Crippen LogP contribution in [0.2, 0.25) is 0 Å². The highest BCUT2D eigenvalue weighted by molar-refractivity contribution is 6.75. The molecule has 1 aromatic rings. The molecule has 0 fully saturated rings. The molecule has 0 aromatic heterocycles. The molecule has 0 aliphatic carbocycles. The number of hydrogen-bond donors (Lipinski definition) is 0. The topological polar surface area (TPSA) is 27.7 Å². The number of rotatable bonds is 10. The van der Waals surface area contributed by atoms with E-state index in [1.165, 1.54) is 0 Å². The van der Waals surface area contributed by atoms with E-state index >= 15 is 0 Å². The molecule has 1 rings (SSSR count). The molecular weight excluding hydrogens is 316 g/mol. The highest BCUT2D eigenvalue weighted by Crippen LogP contribution is 2.32. The van der Waals surface area contributed by atoms with Crippen molar-refractivity contribution < 1.29 is 13.3 Å². The second kappa shape index (κ2) is 9.14. The van der Waals surface area contributed by atoms with E-state index in [1.54, 1.807) is 0 Å². The standard InChI is InChI=1S/C20H36O3Si/c1-8-15-21-24(22-16-9-2,18-13-11-10-12-14-18)23-20(6,7)17-19(3,4)5/h10-14H,8-9,15-17H2,1-7H3. The molecule has 4 heteroatoms. The lowest BCUT2D eigenvalue weighted by Gasteiger charge is -2.40. The summed E-state index contributed by atoms with van der Waals surface area (Å²) in [6, 6.07) is 10.2. The second-order valence-electron chi connectivity index (χ2n) is 8.22. The minimum absolute atomic E-state index is 0.176. The Bertz CT molecular complexity index is 458. The van der Waals surface area contributed by atoms with Crippen LogP contribution >= 0.6 is 0 Å². The fourth-order valence-corrected chi connectivity index (χ4v) is 6.12. The Morgan fingerprint density at radius 1 is 0.833 bits per heavy atom. The van der Waals surface area contributed by atoms with E-state index in [0.717, 1.165) is 24.4 Å². The summed E-state index contributed by atoms with van der Waals surface area (Å²) in [5.41, 5.74) is -0.141. The molecule has 1 aromatic carbocycles. The SMILES string of the molecule is CCCO[Si](OCCC)(OC(C)(C)CC(C)(C)C)c1ccccc1. The van der Waals surface area contributed by atoms with Crippen molar-refractivity contribution in [3.8, 4) is 0 Å². The van der Waals surface area contributed by atoms with Crippen molar-refractivity contribution in [2.75, 3.05) is 13.2 Å². The Labute approximate surface area is 150 Å². The van der Waals surface area contributed by atoms with Crippen molar-refractivity contribution in [3.63, 3.8) is 0 Å². The van der Waals surface area contributed by atoms with Crippen LogP contribution < -0.4 is 5.19 Å². The van der Waals surface area contributed by atoms with Crippen molar-refractivity contribution in [1.82, 2.24) is 0 Å². The van der Waals surface area contributed by atoms with Crippen LogP contribution in [0.15, 0.2) is 30.3 Å². The van der Waals surface area contributed by atoms with E-state index in [0.29, 0.717) is 13.2 Å². The maximum atomic E-state index is 6.69. The van der Waals surface area contributed by atoms with Gasteiger partial charge in [0.05, 0.1) is 5.60 Å². The fourth-order valence-electron chi connectivity index (χ4n) is 3.12. The predicted molar refractivity (Wildman–Crippen MR) is 104 cm³/mol. The van der Waals surface area contributed by atoms with Crippen molar-refractivity contribution in [3.05, 3.63) is 30.3 Å². The zero-order valence-electron chi connectivity index (χ0n) is 16.6. The Balaban J connectivity index is 3.18. The van der Waals surface area contributed by atoms with Crippen LogP contribution in [0.5, 0.6) is 0 Å². The van der Waals surface area contributed by atoms with Gasteiger partial charge in [0.1, 0.15) is 0 Å². The highest BCUT2D eigenvalue weighted by atomic mass is 28.4. The molecule has 0 aliphatic rings. The normalized spacial score (nSPS) is 13.3. The van der Waals surface area contributed by atoms with E-state index < -0.39 is 8.80 Å². The summed E-state index contributed by atoms with van der Waals surface area (Å²) in [7, 11) is -2.95. The molecule has 0 saturated carbocycles. The number of benzene rings is 1. The van der Waals surface area contributed by atoms with Crippen LogP contribution in [0, 0.1) is 5.41 Å². The van der Waals surface area contributed by atoms with Crippen LogP contribution in [0.25, 0.3) is 0 Å². The van der Waals surface area contributed by atoms with E-state index in [2.05, 4.69) is 60.6 Å². The van der Waals surface area contributed by atoms with Gasteiger partial charge in [-0.2, -0.15) is 0 Å². The van der Waals surface area contributed by atoms with Gasteiger partial charge in [-0.05, 0) is 38.5 Å². The van der Waals surface area contributed by atoms with Crippen LogP contribution in [-0.2, 0) is 13.3 Å². The molecular formula is C20H36O3Si. The first kappa shape index (κ1) is 21.4. The summed E-state index contributed by atoms with van der Waals surface area (Å²) >= 11 is 0. The van der Waals surface area contributed by atoms with Crippen molar-refractivity contribution >= 4 is 14.0 Å². The minimum atomic E-state index is -2.95. The van der Waals surface area contributed by atoms with Crippen LogP contribution in [0.4, 0.5) is 0 Å². The molecule has 0 bridgehead atoms. The summed E-state index contributed by atoms with van der Waals surface area (Å²) in [4.78, 5) is 0. The molecule has 138 valence electrons. The Morgan fingerprint density at radius 3 is 1.75 bits per heavy atom. The van der Waals surface area contributed by atoms with Gasteiger partial charge >= 0.3 is 8.80 Å². The number of hydrogen-bond acceptors (Lipinski definition) is 3. The molecule has 3 nitrogen and oxygen atoms in total. The van der Waals surface area contributed by atoms with Gasteiger partial charge in [-0.3, -0.25) is 0 Å². The average molecular weight is 353 g/mol. The van der Waals surface area contributed by atoms with Gasteiger partial charge in [0.25, 0.3) is 0 Å². The van der Waals surface area contributed by atoms with E-state index in [9.17, 15) is 0 Å². The Morgan fingerprint density at radius 2 is 1.33 bits per heavy atom. The predicted octanol–water partition coefficient (Wildman–Crippen LogP) is 4.92.